The molecule has 1 heterocycles. The van der Waals surface area contributed by atoms with Gasteiger partial charge in [0.1, 0.15) is 5.52 Å². The van der Waals surface area contributed by atoms with Gasteiger partial charge >= 0.3 is 6.03 Å². The van der Waals surface area contributed by atoms with Crippen LogP contribution in [-0.4, -0.2) is 28.8 Å². The molecular formula is C15H21N3O3. The fourth-order valence-corrected chi connectivity index (χ4v) is 2.23. The maximum atomic E-state index is 11.8. The minimum absolute atomic E-state index is 0.219. The lowest BCUT2D eigenvalue weighted by atomic mass is 10.1. The maximum Gasteiger partial charge on any atom is 0.319 e. The summed E-state index contributed by atoms with van der Waals surface area (Å²) in [6.45, 7) is 6.02. The normalized spacial score (nSPS) is 13.9. The number of hydrogen-bond acceptors (Lipinski definition) is 4. The molecule has 2 amide bonds. The van der Waals surface area contributed by atoms with Crippen LogP contribution in [0.4, 0.5) is 10.5 Å². The Bertz CT molecular complexity index is 622. The molecule has 0 bridgehead atoms. The van der Waals surface area contributed by atoms with E-state index in [9.17, 15) is 9.90 Å². The van der Waals surface area contributed by atoms with Gasteiger partial charge in [0.2, 0.25) is 0 Å². The summed E-state index contributed by atoms with van der Waals surface area (Å²) >= 11 is 0. The second-order valence-electron chi connectivity index (χ2n) is 5.44. The van der Waals surface area contributed by atoms with Crippen LogP contribution in [-0.2, 0) is 0 Å². The summed E-state index contributed by atoms with van der Waals surface area (Å²) in [5, 5.41) is 14.8. The average molecular weight is 291 g/mol. The zero-order chi connectivity index (χ0) is 15.4. The number of aryl methyl sites for hydroxylation is 1. The van der Waals surface area contributed by atoms with E-state index in [2.05, 4.69) is 15.6 Å². The van der Waals surface area contributed by atoms with Gasteiger partial charge in [0.15, 0.2) is 11.5 Å². The van der Waals surface area contributed by atoms with E-state index in [4.69, 9.17) is 4.42 Å². The number of oxazole rings is 1. The number of benzene rings is 1. The fraction of sp³-hybridized carbons (Fsp3) is 0.467. The van der Waals surface area contributed by atoms with E-state index in [1.807, 2.05) is 6.92 Å². The van der Waals surface area contributed by atoms with Crippen molar-refractivity contribution in [2.24, 2.45) is 5.92 Å². The van der Waals surface area contributed by atoms with Crippen molar-refractivity contribution in [1.29, 1.82) is 0 Å². The van der Waals surface area contributed by atoms with Gasteiger partial charge in [-0.15, -0.1) is 0 Å². The summed E-state index contributed by atoms with van der Waals surface area (Å²) < 4.78 is 5.38. The molecule has 0 spiro atoms. The number of hydrogen-bond donors (Lipinski definition) is 3. The number of urea groups is 1. The Labute approximate surface area is 123 Å². The van der Waals surface area contributed by atoms with Gasteiger partial charge in [-0.05, 0) is 37.5 Å². The average Bonchev–Trinajstić information content (AvgIpc) is 2.75. The van der Waals surface area contributed by atoms with E-state index in [-0.39, 0.29) is 18.1 Å². The van der Waals surface area contributed by atoms with Gasteiger partial charge in [-0.25, -0.2) is 9.78 Å². The fourth-order valence-electron chi connectivity index (χ4n) is 2.23. The lowest BCUT2D eigenvalue weighted by Crippen LogP contribution is -2.33. The number of carbonyl (C=O) groups excluding carboxylic acids is 1. The number of carbonyl (C=O) groups is 1. The molecule has 6 nitrogen and oxygen atoms in total. The molecule has 6 heteroatoms. The van der Waals surface area contributed by atoms with Gasteiger partial charge < -0.3 is 20.2 Å². The van der Waals surface area contributed by atoms with Crippen LogP contribution in [0.3, 0.4) is 0 Å². The summed E-state index contributed by atoms with van der Waals surface area (Å²) in [4.78, 5) is 16.0. The third kappa shape index (κ3) is 4.46. The minimum Gasteiger partial charge on any atom is -0.441 e. The van der Waals surface area contributed by atoms with E-state index in [0.717, 1.165) is 0 Å². The van der Waals surface area contributed by atoms with Crippen molar-refractivity contribution in [2.45, 2.75) is 33.3 Å². The Morgan fingerprint density at radius 1 is 1.43 bits per heavy atom. The largest absolute Gasteiger partial charge is 0.441 e. The van der Waals surface area contributed by atoms with E-state index in [1.165, 1.54) is 0 Å². The molecule has 1 aromatic carbocycles. The number of aliphatic hydroxyl groups is 1. The van der Waals surface area contributed by atoms with Gasteiger partial charge in [-0.3, -0.25) is 0 Å². The number of nitrogens with one attached hydrogen (secondary N) is 2. The molecule has 0 aliphatic rings. The Balaban J connectivity index is 1.89. The number of aliphatic hydroxyl groups excluding tert-OH is 1. The molecule has 0 aliphatic heterocycles. The van der Waals surface area contributed by atoms with Crippen LogP contribution in [0.1, 0.15) is 26.2 Å². The highest BCUT2D eigenvalue weighted by Gasteiger charge is 2.09. The smallest absolute Gasteiger partial charge is 0.319 e. The first-order valence-corrected chi connectivity index (χ1v) is 7.04. The lowest BCUT2D eigenvalue weighted by molar-refractivity contribution is 0.163. The zero-order valence-corrected chi connectivity index (χ0v) is 12.5. The third-order valence-electron chi connectivity index (χ3n) is 3.11. The third-order valence-corrected chi connectivity index (χ3v) is 3.11. The minimum atomic E-state index is -0.359. The molecule has 2 unspecified atom stereocenters. The van der Waals surface area contributed by atoms with Crippen molar-refractivity contribution >= 4 is 22.8 Å². The molecule has 2 rings (SSSR count). The van der Waals surface area contributed by atoms with E-state index in [1.54, 1.807) is 32.0 Å². The molecule has 2 atom stereocenters. The van der Waals surface area contributed by atoms with E-state index >= 15 is 0 Å². The molecule has 0 saturated carbocycles. The van der Waals surface area contributed by atoms with Crippen molar-refractivity contribution in [3.05, 3.63) is 24.1 Å². The Morgan fingerprint density at radius 3 is 2.90 bits per heavy atom. The first kappa shape index (κ1) is 15.3. The molecule has 0 aliphatic carbocycles. The Kier molecular flexibility index (Phi) is 4.80. The van der Waals surface area contributed by atoms with Gasteiger partial charge in [0, 0.05) is 19.2 Å². The number of aromatic nitrogens is 1. The summed E-state index contributed by atoms with van der Waals surface area (Å²) in [6.07, 6.45) is 0.299. The van der Waals surface area contributed by atoms with Crippen LogP contribution in [0, 0.1) is 12.8 Å². The van der Waals surface area contributed by atoms with Crippen LogP contribution in [0.2, 0.25) is 0 Å². The highest BCUT2D eigenvalue weighted by atomic mass is 16.3. The van der Waals surface area contributed by atoms with Gasteiger partial charge in [-0.2, -0.15) is 0 Å². The molecule has 2 aromatic rings. The molecule has 0 radical (unpaired) electrons. The van der Waals surface area contributed by atoms with Crippen molar-refractivity contribution in [1.82, 2.24) is 10.3 Å². The van der Waals surface area contributed by atoms with Crippen molar-refractivity contribution in [3.8, 4) is 0 Å². The number of rotatable bonds is 5. The SMILES string of the molecule is Cc1nc2cc(NC(=O)NCC(C)CC(C)O)ccc2o1. The first-order chi connectivity index (χ1) is 9.94. The van der Waals surface area contributed by atoms with Crippen molar-refractivity contribution < 1.29 is 14.3 Å². The zero-order valence-electron chi connectivity index (χ0n) is 12.5. The highest BCUT2D eigenvalue weighted by molar-refractivity contribution is 5.91. The molecule has 21 heavy (non-hydrogen) atoms. The number of nitrogens with zero attached hydrogens (tertiary/aromatic N) is 1. The van der Waals surface area contributed by atoms with E-state index < -0.39 is 0 Å². The van der Waals surface area contributed by atoms with Crippen LogP contribution in [0.5, 0.6) is 0 Å². The topological polar surface area (TPSA) is 87.4 Å². The molecule has 3 N–H and O–H groups in total. The standard InChI is InChI=1S/C15H21N3O3/c1-9(6-10(2)19)8-16-15(20)18-12-4-5-14-13(7-12)17-11(3)21-14/h4-5,7,9-10,19H,6,8H2,1-3H3,(H2,16,18,20). The summed E-state index contributed by atoms with van der Waals surface area (Å²) in [6, 6.07) is 5.05. The van der Waals surface area contributed by atoms with Gasteiger partial charge in [-0.1, -0.05) is 6.92 Å². The number of anilines is 1. The molecule has 0 fully saturated rings. The molecule has 114 valence electrons. The van der Waals surface area contributed by atoms with Crippen LogP contribution < -0.4 is 10.6 Å². The maximum absolute atomic E-state index is 11.8. The quantitative estimate of drug-likeness (QED) is 0.790. The Morgan fingerprint density at radius 2 is 2.19 bits per heavy atom. The van der Waals surface area contributed by atoms with Crippen LogP contribution >= 0.6 is 0 Å². The second-order valence-corrected chi connectivity index (χ2v) is 5.44. The van der Waals surface area contributed by atoms with Gasteiger partial charge in [0.25, 0.3) is 0 Å². The van der Waals surface area contributed by atoms with Crippen LogP contribution in [0.15, 0.2) is 22.6 Å². The predicted molar refractivity (Wildman–Crippen MR) is 81.2 cm³/mol. The first-order valence-electron chi connectivity index (χ1n) is 7.04. The number of fused-ring (bicyclic) bond motifs is 1. The molecule has 0 saturated heterocycles. The Hall–Kier alpha value is -2.08. The second kappa shape index (κ2) is 6.58. The summed E-state index contributed by atoms with van der Waals surface area (Å²) in [5.41, 5.74) is 2.08. The lowest BCUT2D eigenvalue weighted by Gasteiger charge is -2.14. The summed E-state index contributed by atoms with van der Waals surface area (Å²) in [5.74, 6) is 0.815. The highest BCUT2D eigenvalue weighted by Crippen LogP contribution is 2.19. The monoisotopic (exact) mass is 291 g/mol. The number of amides is 2. The van der Waals surface area contributed by atoms with Crippen LogP contribution in [0.25, 0.3) is 11.1 Å². The van der Waals surface area contributed by atoms with Gasteiger partial charge in [0.05, 0.1) is 6.10 Å². The van der Waals surface area contributed by atoms with Crippen molar-refractivity contribution in [2.75, 3.05) is 11.9 Å². The molecular weight excluding hydrogens is 270 g/mol. The molecule has 1 aromatic heterocycles. The predicted octanol–water partition coefficient (Wildman–Crippen LogP) is 2.66. The van der Waals surface area contributed by atoms with E-state index in [0.29, 0.717) is 35.6 Å². The van der Waals surface area contributed by atoms with Crippen molar-refractivity contribution in [3.63, 3.8) is 0 Å². The summed E-state index contributed by atoms with van der Waals surface area (Å²) in [7, 11) is 0.